The van der Waals surface area contributed by atoms with Gasteiger partial charge in [0.1, 0.15) is 19.5 Å². The van der Waals surface area contributed by atoms with Gasteiger partial charge in [-0.05, 0) is 31.5 Å². The van der Waals surface area contributed by atoms with Gasteiger partial charge in [-0.15, -0.1) is 0 Å². The Bertz CT molecular complexity index is 1020. The summed E-state index contributed by atoms with van der Waals surface area (Å²) in [6.07, 6.45) is -1.41. The number of carbonyl (C=O) groups is 1. The van der Waals surface area contributed by atoms with E-state index < -0.39 is 11.7 Å². The van der Waals surface area contributed by atoms with Crippen molar-refractivity contribution in [1.82, 2.24) is 5.32 Å². The molecule has 3 N–H and O–H groups in total. The molecule has 0 aromatic heterocycles. The third-order valence-corrected chi connectivity index (χ3v) is 4.09. The van der Waals surface area contributed by atoms with Gasteiger partial charge in [0.15, 0.2) is 0 Å². The molecule has 37 heavy (non-hydrogen) atoms. The van der Waals surface area contributed by atoms with Crippen LogP contribution < -0.4 is 5.32 Å². The van der Waals surface area contributed by atoms with Crippen LogP contribution in [-0.2, 0) is 27.3 Å². The zero-order valence-corrected chi connectivity index (χ0v) is 21.9. The van der Waals surface area contributed by atoms with Crippen LogP contribution in [0.1, 0.15) is 48.6 Å². The van der Waals surface area contributed by atoms with Crippen LogP contribution in [0, 0.1) is 12.3 Å². The molecule has 0 atom stereocenters. The molecule has 0 radical (unpaired) electrons. The molecule has 0 aliphatic heterocycles. The predicted molar refractivity (Wildman–Crippen MR) is 142 cm³/mol. The van der Waals surface area contributed by atoms with Crippen LogP contribution in [0.2, 0.25) is 0 Å². The van der Waals surface area contributed by atoms with Crippen LogP contribution in [0.15, 0.2) is 59.4 Å². The van der Waals surface area contributed by atoms with Gasteiger partial charge in [0.05, 0.1) is 17.5 Å². The summed E-state index contributed by atoms with van der Waals surface area (Å²) in [6.45, 7) is 11.4. The van der Waals surface area contributed by atoms with Gasteiger partial charge < -0.3 is 25.5 Å². The van der Waals surface area contributed by atoms with E-state index in [4.69, 9.17) is 25.0 Å². The fourth-order valence-electron chi connectivity index (χ4n) is 2.47. The van der Waals surface area contributed by atoms with Gasteiger partial charge in [-0.1, -0.05) is 61.1 Å². The number of aryl methyl sites for hydroxylation is 1. The van der Waals surface area contributed by atoms with Gasteiger partial charge in [-0.3, -0.25) is 4.79 Å². The third kappa shape index (κ3) is 14.8. The molecule has 2 rings (SSSR count). The minimum Gasteiger partial charge on any atom is -0.508 e. The van der Waals surface area contributed by atoms with E-state index in [0.29, 0.717) is 13.0 Å². The van der Waals surface area contributed by atoms with Crippen molar-refractivity contribution in [1.29, 1.82) is 5.41 Å². The van der Waals surface area contributed by atoms with E-state index in [2.05, 4.69) is 22.2 Å². The maximum atomic E-state index is 12.1. The Morgan fingerprint density at radius 2 is 1.81 bits per heavy atom. The van der Waals surface area contributed by atoms with Gasteiger partial charge in [0.25, 0.3) is 0 Å². The second kappa shape index (κ2) is 20.1. The Labute approximate surface area is 216 Å². The molecule has 11 heteroatoms. The average molecular weight is 525 g/mol. The van der Waals surface area contributed by atoms with E-state index >= 15 is 0 Å². The van der Waals surface area contributed by atoms with Crippen molar-refractivity contribution in [3.8, 4) is 0 Å². The molecular formula is C26H35F3N4O4. The van der Waals surface area contributed by atoms with Crippen LogP contribution >= 0.6 is 0 Å². The molecule has 2 aromatic rings. The van der Waals surface area contributed by atoms with Crippen LogP contribution in [0.25, 0.3) is 5.76 Å². The van der Waals surface area contributed by atoms with E-state index in [1.54, 1.807) is 7.05 Å². The lowest BCUT2D eigenvalue weighted by molar-refractivity contribution is -0.137. The van der Waals surface area contributed by atoms with Gasteiger partial charge in [-0.25, -0.2) is 0 Å². The summed E-state index contributed by atoms with van der Waals surface area (Å²) in [5, 5.41) is 25.5. The maximum absolute atomic E-state index is 12.1. The average Bonchev–Trinajstić information content (AvgIpc) is 2.88. The minimum absolute atomic E-state index is 0.0785. The van der Waals surface area contributed by atoms with Crippen LogP contribution in [0.3, 0.4) is 0 Å². The molecular weight excluding hydrogens is 489 g/mol. The number of carbonyl (C=O) groups excluding carboxylic acids is 1. The zero-order chi connectivity index (χ0) is 28.9. The molecule has 2 aromatic carbocycles. The lowest BCUT2D eigenvalue weighted by atomic mass is 10.00. The Morgan fingerprint density at radius 3 is 2.30 bits per heavy atom. The van der Waals surface area contributed by atoms with Crippen molar-refractivity contribution in [2.24, 2.45) is 10.3 Å². The SMILES string of the molecule is C=C(O)c1cccc(C(F)(F)F)c1.CC.CNC=O.CO/N=C(/C)c1cccc(C)c1CO/N=C/C=N. The summed E-state index contributed by atoms with van der Waals surface area (Å²) >= 11 is 0. The summed E-state index contributed by atoms with van der Waals surface area (Å²) in [6, 6.07) is 10.3. The van der Waals surface area contributed by atoms with Gasteiger partial charge in [0, 0.05) is 30.0 Å². The lowest BCUT2D eigenvalue weighted by Gasteiger charge is -2.10. The van der Waals surface area contributed by atoms with Gasteiger partial charge in [-0.2, -0.15) is 13.2 Å². The molecule has 0 fully saturated rings. The largest absolute Gasteiger partial charge is 0.508 e. The number of alkyl halides is 3. The van der Waals surface area contributed by atoms with Crippen LogP contribution in [0.4, 0.5) is 13.2 Å². The summed E-state index contributed by atoms with van der Waals surface area (Å²) < 4.78 is 36.4. The van der Waals surface area contributed by atoms with E-state index in [0.717, 1.165) is 40.7 Å². The number of hydrogen-bond acceptors (Lipinski definition) is 7. The summed E-state index contributed by atoms with van der Waals surface area (Å²) in [7, 11) is 3.08. The predicted octanol–water partition coefficient (Wildman–Crippen LogP) is 6.14. The monoisotopic (exact) mass is 524 g/mol. The molecule has 0 spiro atoms. The normalized spacial score (nSPS) is 10.4. The number of rotatable bonds is 8. The molecule has 0 saturated carbocycles. The molecule has 1 amide bonds. The molecule has 8 nitrogen and oxygen atoms in total. The fraction of sp³-hybridized carbons (Fsp3) is 0.308. The Kier molecular flexibility index (Phi) is 19.0. The molecule has 0 saturated heterocycles. The number of aliphatic hydroxyl groups is 1. The molecule has 204 valence electrons. The molecule has 0 bridgehead atoms. The highest BCUT2D eigenvalue weighted by atomic mass is 19.4. The van der Waals surface area contributed by atoms with E-state index in [1.807, 2.05) is 45.9 Å². The highest BCUT2D eigenvalue weighted by molar-refractivity contribution is 6.14. The molecule has 0 heterocycles. The first-order valence-electron chi connectivity index (χ1n) is 11.0. The van der Waals surface area contributed by atoms with E-state index in [9.17, 15) is 13.2 Å². The standard InChI is InChI=1S/C13H17N3O2.C9H7F3O.C2H5NO.C2H6/c1-10-5-4-6-12(11(2)16-17-3)13(10)9-18-15-8-7-14;1-6(13)7-3-2-4-8(5-7)9(10,11)12;1-3-2-4;1-2/h4-8,14H,9H2,1-3H3;2-5,13H,1H2;2H,1H3,(H,3,4);1-2H3/b14-7?,15-8+,16-11-;;;. The first-order valence-corrected chi connectivity index (χ1v) is 11.0. The second-order valence-electron chi connectivity index (χ2n) is 6.59. The highest BCUT2D eigenvalue weighted by Crippen LogP contribution is 2.30. The topological polar surface area (TPSA) is 116 Å². The van der Waals surface area contributed by atoms with Crippen molar-refractivity contribution in [2.45, 2.75) is 40.5 Å². The fourth-order valence-corrected chi connectivity index (χ4v) is 2.47. The van der Waals surface area contributed by atoms with Gasteiger partial charge >= 0.3 is 6.18 Å². The summed E-state index contributed by atoms with van der Waals surface area (Å²) in [5.74, 6) is -0.369. The summed E-state index contributed by atoms with van der Waals surface area (Å²) in [5.41, 5.74) is 3.16. The molecule has 0 aliphatic carbocycles. The Morgan fingerprint density at radius 1 is 1.22 bits per heavy atom. The zero-order valence-electron chi connectivity index (χ0n) is 21.9. The number of halogens is 3. The first kappa shape index (κ1) is 35.0. The van der Waals surface area contributed by atoms with Crippen LogP contribution in [-0.4, -0.2) is 43.8 Å². The van der Waals surface area contributed by atoms with E-state index in [-0.39, 0.29) is 11.3 Å². The lowest BCUT2D eigenvalue weighted by Crippen LogP contribution is -2.04. The number of hydrogen-bond donors (Lipinski definition) is 3. The van der Waals surface area contributed by atoms with E-state index in [1.165, 1.54) is 25.5 Å². The van der Waals surface area contributed by atoms with Crippen molar-refractivity contribution in [3.63, 3.8) is 0 Å². The van der Waals surface area contributed by atoms with Crippen molar-refractivity contribution in [2.75, 3.05) is 14.2 Å². The number of nitrogens with one attached hydrogen (secondary N) is 2. The minimum atomic E-state index is -4.38. The number of amides is 1. The maximum Gasteiger partial charge on any atom is 0.416 e. The molecule has 0 unspecified atom stereocenters. The number of benzene rings is 2. The second-order valence-corrected chi connectivity index (χ2v) is 6.59. The molecule has 0 aliphatic rings. The van der Waals surface area contributed by atoms with Crippen molar-refractivity contribution < 1.29 is 32.7 Å². The Hall–Kier alpha value is -4.15. The highest BCUT2D eigenvalue weighted by Gasteiger charge is 2.30. The number of nitrogens with zero attached hydrogens (tertiary/aromatic N) is 2. The van der Waals surface area contributed by atoms with Crippen molar-refractivity contribution >= 4 is 30.3 Å². The third-order valence-electron chi connectivity index (χ3n) is 4.09. The smallest absolute Gasteiger partial charge is 0.416 e. The summed E-state index contributed by atoms with van der Waals surface area (Å²) in [4.78, 5) is 19.0. The van der Waals surface area contributed by atoms with Crippen LogP contribution in [0.5, 0.6) is 0 Å². The van der Waals surface area contributed by atoms with Crippen molar-refractivity contribution in [3.05, 3.63) is 76.9 Å². The Balaban J connectivity index is 0. The van der Waals surface area contributed by atoms with Gasteiger partial charge in [0.2, 0.25) is 6.41 Å². The number of aliphatic hydroxyl groups excluding tert-OH is 1. The first-order chi connectivity index (χ1) is 17.5. The quantitative estimate of drug-likeness (QED) is 0.166. The number of oxime groups is 2.